The molecule has 0 unspecified atom stereocenters. The molecule has 3 aromatic rings. The minimum Gasteiger partial charge on any atom is -0.486 e. The molecule has 0 fully saturated rings. The van der Waals surface area contributed by atoms with Gasteiger partial charge in [-0.15, -0.1) is 11.3 Å². The van der Waals surface area contributed by atoms with E-state index in [1.165, 1.54) is 11.3 Å². The van der Waals surface area contributed by atoms with Crippen molar-refractivity contribution < 1.29 is 9.47 Å². The molecule has 1 aromatic carbocycles. The van der Waals surface area contributed by atoms with Crippen LogP contribution in [0.5, 0.6) is 11.5 Å². The number of thiophene rings is 1. The van der Waals surface area contributed by atoms with Crippen LogP contribution in [0.3, 0.4) is 0 Å². The van der Waals surface area contributed by atoms with Crippen LogP contribution in [-0.2, 0) is 6.54 Å². The number of halogens is 2. The highest BCUT2D eigenvalue weighted by molar-refractivity contribution is 7.19. The SMILES string of the molecule is Cc1sc2nc(Cl)nc(NCc3ccc4c(c3)OCCO4)c2c1Cl. The molecule has 0 aliphatic carbocycles. The van der Waals surface area contributed by atoms with Crippen LogP contribution in [0.4, 0.5) is 5.82 Å². The van der Waals surface area contributed by atoms with Gasteiger partial charge in [0.25, 0.3) is 0 Å². The molecular formula is C16H13Cl2N3O2S. The van der Waals surface area contributed by atoms with E-state index in [0.717, 1.165) is 32.2 Å². The van der Waals surface area contributed by atoms with Gasteiger partial charge in [-0.1, -0.05) is 17.7 Å². The lowest BCUT2D eigenvalue weighted by Gasteiger charge is -2.19. The number of hydrogen-bond donors (Lipinski definition) is 1. The highest BCUT2D eigenvalue weighted by atomic mass is 35.5. The Balaban J connectivity index is 1.63. The number of aryl methyl sites for hydroxylation is 1. The summed E-state index contributed by atoms with van der Waals surface area (Å²) >= 11 is 13.9. The van der Waals surface area contributed by atoms with Crippen LogP contribution < -0.4 is 14.8 Å². The Morgan fingerprint density at radius 3 is 2.79 bits per heavy atom. The molecule has 0 bridgehead atoms. The smallest absolute Gasteiger partial charge is 0.225 e. The number of fused-ring (bicyclic) bond motifs is 2. The van der Waals surface area contributed by atoms with Crippen LogP contribution in [0, 0.1) is 6.92 Å². The number of nitrogens with zero attached hydrogens (tertiary/aromatic N) is 2. The summed E-state index contributed by atoms with van der Waals surface area (Å²) in [6.07, 6.45) is 0. The van der Waals surface area contributed by atoms with E-state index in [2.05, 4.69) is 15.3 Å². The lowest BCUT2D eigenvalue weighted by Crippen LogP contribution is -2.15. The second kappa shape index (κ2) is 6.27. The van der Waals surface area contributed by atoms with Gasteiger partial charge in [-0.25, -0.2) is 9.97 Å². The Morgan fingerprint density at radius 2 is 1.96 bits per heavy atom. The van der Waals surface area contributed by atoms with Crippen molar-refractivity contribution in [2.24, 2.45) is 0 Å². The third kappa shape index (κ3) is 2.85. The van der Waals surface area contributed by atoms with Gasteiger partial charge in [0.1, 0.15) is 23.9 Å². The zero-order valence-electron chi connectivity index (χ0n) is 12.7. The number of benzene rings is 1. The third-order valence-corrected chi connectivity index (χ3v) is 5.45. The van der Waals surface area contributed by atoms with Gasteiger partial charge in [0.15, 0.2) is 11.5 Å². The van der Waals surface area contributed by atoms with Crippen molar-refractivity contribution in [3.8, 4) is 11.5 Å². The van der Waals surface area contributed by atoms with Crippen LogP contribution >= 0.6 is 34.5 Å². The van der Waals surface area contributed by atoms with Crippen molar-refractivity contribution in [3.63, 3.8) is 0 Å². The number of ether oxygens (including phenoxy) is 2. The molecule has 0 radical (unpaired) electrons. The third-order valence-electron chi connectivity index (χ3n) is 3.69. The quantitative estimate of drug-likeness (QED) is 0.666. The molecule has 0 atom stereocenters. The lowest BCUT2D eigenvalue weighted by molar-refractivity contribution is 0.171. The normalized spacial score (nSPS) is 13.3. The number of rotatable bonds is 3. The minimum absolute atomic E-state index is 0.199. The topological polar surface area (TPSA) is 56.3 Å². The maximum absolute atomic E-state index is 6.39. The molecule has 2 aromatic heterocycles. The van der Waals surface area contributed by atoms with Gasteiger partial charge in [-0.2, -0.15) is 0 Å². The maximum Gasteiger partial charge on any atom is 0.225 e. The van der Waals surface area contributed by atoms with E-state index >= 15 is 0 Å². The molecule has 5 nitrogen and oxygen atoms in total. The average molecular weight is 382 g/mol. The van der Waals surface area contributed by atoms with Crippen molar-refractivity contribution in [1.82, 2.24) is 9.97 Å². The van der Waals surface area contributed by atoms with Crippen LogP contribution in [0.15, 0.2) is 18.2 Å². The first-order valence-corrected chi connectivity index (χ1v) is 8.93. The Kier molecular flexibility index (Phi) is 4.12. The molecule has 124 valence electrons. The minimum atomic E-state index is 0.199. The molecule has 1 aliphatic heterocycles. The summed E-state index contributed by atoms with van der Waals surface area (Å²) < 4.78 is 11.1. The molecule has 0 spiro atoms. The van der Waals surface area contributed by atoms with E-state index in [9.17, 15) is 0 Å². The zero-order valence-corrected chi connectivity index (χ0v) is 15.1. The van der Waals surface area contributed by atoms with E-state index in [1.54, 1.807) is 0 Å². The van der Waals surface area contributed by atoms with Gasteiger partial charge in [0.2, 0.25) is 5.28 Å². The Labute approximate surface area is 152 Å². The molecule has 0 amide bonds. The Hall–Kier alpha value is -1.76. The van der Waals surface area contributed by atoms with Crippen molar-refractivity contribution in [2.45, 2.75) is 13.5 Å². The van der Waals surface area contributed by atoms with E-state index < -0.39 is 0 Å². The van der Waals surface area contributed by atoms with Crippen LogP contribution in [-0.4, -0.2) is 23.2 Å². The van der Waals surface area contributed by atoms with E-state index in [4.69, 9.17) is 32.7 Å². The van der Waals surface area contributed by atoms with Crippen LogP contribution in [0.25, 0.3) is 10.2 Å². The highest BCUT2D eigenvalue weighted by Crippen LogP contribution is 2.38. The molecule has 24 heavy (non-hydrogen) atoms. The average Bonchev–Trinajstić information content (AvgIpc) is 2.86. The molecule has 0 saturated heterocycles. The fraction of sp³-hybridized carbons (Fsp3) is 0.250. The summed E-state index contributed by atoms with van der Waals surface area (Å²) in [7, 11) is 0. The summed E-state index contributed by atoms with van der Waals surface area (Å²) in [4.78, 5) is 10.3. The van der Waals surface area contributed by atoms with E-state index in [1.807, 2.05) is 25.1 Å². The molecule has 3 heterocycles. The van der Waals surface area contributed by atoms with Gasteiger partial charge in [-0.3, -0.25) is 0 Å². The molecule has 8 heteroatoms. The Bertz CT molecular complexity index is 929. The zero-order chi connectivity index (χ0) is 16.7. The molecular weight excluding hydrogens is 369 g/mol. The Morgan fingerprint density at radius 1 is 1.17 bits per heavy atom. The summed E-state index contributed by atoms with van der Waals surface area (Å²) in [6.45, 7) is 3.66. The monoisotopic (exact) mass is 381 g/mol. The summed E-state index contributed by atoms with van der Waals surface area (Å²) in [6, 6.07) is 5.86. The largest absolute Gasteiger partial charge is 0.486 e. The lowest BCUT2D eigenvalue weighted by atomic mass is 10.2. The number of anilines is 1. The van der Waals surface area contributed by atoms with Gasteiger partial charge in [-0.05, 0) is 36.2 Å². The first-order valence-electron chi connectivity index (χ1n) is 7.36. The summed E-state index contributed by atoms with van der Waals surface area (Å²) in [5, 5.41) is 4.97. The number of aromatic nitrogens is 2. The van der Waals surface area contributed by atoms with Crippen molar-refractivity contribution in [2.75, 3.05) is 18.5 Å². The van der Waals surface area contributed by atoms with Crippen molar-refractivity contribution in [1.29, 1.82) is 0 Å². The molecule has 1 N–H and O–H groups in total. The van der Waals surface area contributed by atoms with Gasteiger partial charge in [0.05, 0.1) is 10.4 Å². The highest BCUT2D eigenvalue weighted by Gasteiger charge is 2.16. The van der Waals surface area contributed by atoms with Crippen molar-refractivity contribution in [3.05, 3.63) is 38.9 Å². The summed E-state index contributed by atoms with van der Waals surface area (Å²) in [5.74, 6) is 2.17. The maximum atomic E-state index is 6.39. The van der Waals surface area contributed by atoms with Crippen molar-refractivity contribution >= 4 is 50.6 Å². The van der Waals surface area contributed by atoms with E-state index in [-0.39, 0.29) is 5.28 Å². The number of nitrogens with one attached hydrogen (secondary N) is 1. The fourth-order valence-electron chi connectivity index (χ4n) is 2.56. The standard InChI is InChI=1S/C16H13Cl2N3O2S/c1-8-13(17)12-14(20-16(18)21-15(12)24-8)19-7-9-2-3-10-11(6-9)23-5-4-22-10/h2-3,6H,4-5,7H2,1H3,(H,19,20,21). The first-order chi connectivity index (χ1) is 11.6. The second-order valence-electron chi connectivity index (χ2n) is 5.33. The van der Waals surface area contributed by atoms with Crippen LogP contribution in [0.1, 0.15) is 10.4 Å². The second-order valence-corrected chi connectivity index (χ2v) is 7.24. The summed E-state index contributed by atoms with van der Waals surface area (Å²) in [5.41, 5.74) is 1.05. The molecule has 0 saturated carbocycles. The van der Waals surface area contributed by atoms with Gasteiger partial charge < -0.3 is 14.8 Å². The molecule has 4 rings (SSSR count). The van der Waals surface area contributed by atoms with Gasteiger partial charge in [0, 0.05) is 11.4 Å². The fourth-order valence-corrected chi connectivity index (χ4v) is 4.05. The predicted molar refractivity (Wildman–Crippen MR) is 96.9 cm³/mol. The van der Waals surface area contributed by atoms with E-state index in [0.29, 0.717) is 30.6 Å². The van der Waals surface area contributed by atoms with Crippen LogP contribution in [0.2, 0.25) is 10.3 Å². The number of hydrogen-bond acceptors (Lipinski definition) is 6. The molecule has 1 aliphatic rings. The predicted octanol–water partition coefficient (Wildman–Crippen LogP) is 4.69. The van der Waals surface area contributed by atoms with Gasteiger partial charge >= 0.3 is 0 Å². The first kappa shape index (κ1) is 15.7.